The molecule has 0 spiro atoms. The maximum absolute atomic E-state index is 13.2. The van der Waals surface area contributed by atoms with E-state index in [4.69, 9.17) is 9.47 Å². The number of aliphatic hydroxyl groups excluding tert-OH is 1. The first-order valence-electron chi connectivity index (χ1n) is 11.6. The minimum atomic E-state index is -0.787. The molecule has 0 saturated carbocycles. The van der Waals surface area contributed by atoms with Gasteiger partial charge in [0.15, 0.2) is 0 Å². The Bertz CT molecular complexity index is 1150. The number of Topliss-reactive ketones (excluding diaryl/α,β-unsaturated/α-hetero) is 1. The highest BCUT2D eigenvalue weighted by atomic mass is 16.5. The molecule has 1 fully saturated rings. The standard InChI is InChI=1S/C26H33N3O6/c1-7-14-35-18-10-8-17(9-11-18)22-20(24(31)25(32)29(22)13-12-28(4)5)23(30)19-15(2)21(26(33)34-6)27-16(19)3/h8-11,22,27,30H,7,12-14H2,1-6H3/b23-20-/t22-/m0/s1. The second-order valence-electron chi connectivity index (χ2n) is 8.83. The molecule has 1 aliphatic heterocycles. The molecule has 1 aliphatic rings. The van der Waals surface area contributed by atoms with E-state index in [0.717, 1.165) is 6.42 Å². The van der Waals surface area contributed by atoms with Crippen molar-refractivity contribution in [3.63, 3.8) is 0 Å². The van der Waals surface area contributed by atoms with Crippen molar-refractivity contribution < 1.29 is 29.0 Å². The van der Waals surface area contributed by atoms with Crippen molar-refractivity contribution in [1.82, 2.24) is 14.8 Å². The van der Waals surface area contributed by atoms with E-state index in [0.29, 0.717) is 47.8 Å². The van der Waals surface area contributed by atoms with Crippen LogP contribution in [0.3, 0.4) is 0 Å². The fraction of sp³-hybridized carbons (Fsp3) is 0.423. The normalized spacial score (nSPS) is 17.3. The minimum Gasteiger partial charge on any atom is -0.507 e. The number of ether oxygens (including phenoxy) is 2. The lowest BCUT2D eigenvalue weighted by atomic mass is 9.94. The molecule has 188 valence electrons. The SMILES string of the molecule is CCCOc1ccc([C@H]2/C(=C(/O)c3c(C)[nH]c(C(=O)OC)c3C)C(=O)C(=O)N2CCN(C)C)cc1. The second-order valence-corrected chi connectivity index (χ2v) is 8.83. The number of nitrogens with one attached hydrogen (secondary N) is 1. The summed E-state index contributed by atoms with van der Waals surface area (Å²) < 4.78 is 10.5. The van der Waals surface area contributed by atoms with E-state index < -0.39 is 23.7 Å². The number of ketones is 1. The van der Waals surface area contributed by atoms with Gasteiger partial charge in [0.1, 0.15) is 17.2 Å². The number of methoxy groups -OCH3 is 1. The number of amides is 1. The van der Waals surface area contributed by atoms with Gasteiger partial charge in [0.2, 0.25) is 0 Å². The summed E-state index contributed by atoms with van der Waals surface area (Å²) in [4.78, 5) is 44.8. The molecular weight excluding hydrogens is 450 g/mol. The van der Waals surface area contributed by atoms with Crippen LogP contribution in [-0.2, 0) is 14.3 Å². The van der Waals surface area contributed by atoms with Gasteiger partial charge >= 0.3 is 5.97 Å². The minimum absolute atomic E-state index is 0.0161. The van der Waals surface area contributed by atoms with Gasteiger partial charge in [-0.1, -0.05) is 19.1 Å². The Morgan fingerprint density at radius 2 is 1.83 bits per heavy atom. The van der Waals surface area contributed by atoms with E-state index in [-0.39, 0.29) is 17.0 Å². The maximum Gasteiger partial charge on any atom is 0.354 e. The molecule has 9 heteroatoms. The van der Waals surface area contributed by atoms with Crippen molar-refractivity contribution in [2.45, 2.75) is 33.2 Å². The van der Waals surface area contributed by atoms with Gasteiger partial charge in [-0.05, 0) is 57.6 Å². The number of H-pyrrole nitrogens is 1. The van der Waals surface area contributed by atoms with Crippen LogP contribution in [0.25, 0.3) is 5.76 Å². The highest BCUT2D eigenvalue weighted by molar-refractivity contribution is 6.46. The zero-order valence-corrected chi connectivity index (χ0v) is 21.1. The lowest BCUT2D eigenvalue weighted by Gasteiger charge is -2.26. The number of carbonyl (C=O) groups is 3. The van der Waals surface area contributed by atoms with E-state index in [2.05, 4.69) is 4.98 Å². The van der Waals surface area contributed by atoms with Crippen molar-refractivity contribution >= 4 is 23.4 Å². The van der Waals surface area contributed by atoms with Crippen molar-refractivity contribution in [1.29, 1.82) is 0 Å². The molecule has 1 saturated heterocycles. The fourth-order valence-electron chi connectivity index (χ4n) is 4.28. The Morgan fingerprint density at radius 3 is 2.40 bits per heavy atom. The molecule has 0 radical (unpaired) electrons. The molecule has 0 aliphatic carbocycles. The smallest absolute Gasteiger partial charge is 0.354 e. The number of nitrogens with zero attached hydrogens (tertiary/aromatic N) is 2. The van der Waals surface area contributed by atoms with Gasteiger partial charge in [-0.2, -0.15) is 0 Å². The summed E-state index contributed by atoms with van der Waals surface area (Å²) in [6.07, 6.45) is 0.870. The summed E-state index contributed by atoms with van der Waals surface area (Å²) >= 11 is 0. The number of likely N-dealkylation sites (tertiary alicyclic amines) is 1. The van der Waals surface area contributed by atoms with Gasteiger partial charge in [0.25, 0.3) is 11.7 Å². The lowest BCUT2D eigenvalue weighted by molar-refractivity contribution is -0.140. The third kappa shape index (κ3) is 5.09. The lowest BCUT2D eigenvalue weighted by Crippen LogP contribution is -2.35. The molecule has 0 bridgehead atoms. The summed E-state index contributed by atoms with van der Waals surface area (Å²) in [6.45, 7) is 6.77. The van der Waals surface area contributed by atoms with Crippen LogP contribution >= 0.6 is 0 Å². The number of aromatic amines is 1. The number of carbonyl (C=O) groups excluding carboxylic acids is 3. The summed E-state index contributed by atoms with van der Waals surface area (Å²) in [5, 5.41) is 11.4. The molecule has 2 N–H and O–H groups in total. The number of aryl methyl sites for hydroxylation is 1. The first kappa shape index (κ1) is 26.0. The molecule has 2 aromatic rings. The van der Waals surface area contributed by atoms with Crippen LogP contribution in [0.1, 0.15) is 52.3 Å². The molecule has 2 heterocycles. The first-order valence-corrected chi connectivity index (χ1v) is 11.6. The van der Waals surface area contributed by atoms with Crippen LogP contribution < -0.4 is 4.74 Å². The van der Waals surface area contributed by atoms with Crippen LogP contribution in [0, 0.1) is 13.8 Å². The van der Waals surface area contributed by atoms with E-state index in [9.17, 15) is 19.5 Å². The van der Waals surface area contributed by atoms with E-state index in [1.165, 1.54) is 12.0 Å². The fourth-order valence-corrected chi connectivity index (χ4v) is 4.28. The van der Waals surface area contributed by atoms with E-state index in [1.54, 1.807) is 38.1 Å². The van der Waals surface area contributed by atoms with Crippen LogP contribution in [0.5, 0.6) is 5.75 Å². The third-order valence-electron chi connectivity index (χ3n) is 6.06. The topological polar surface area (TPSA) is 112 Å². The number of rotatable bonds is 9. The highest BCUT2D eigenvalue weighted by Gasteiger charge is 2.46. The zero-order valence-electron chi connectivity index (χ0n) is 21.1. The molecule has 1 aromatic heterocycles. The summed E-state index contributed by atoms with van der Waals surface area (Å²) in [6, 6.07) is 6.39. The molecule has 1 atom stereocenters. The Labute approximate surface area is 205 Å². The summed E-state index contributed by atoms with van der Waals surface area (Å²) in [5.41, 5.74) is 2.08. The number of aromatic nitrogens is 1. The van der Waals surface area contributed by atoms with Gasteiger partial charge < -0.3 is 29.4 Å². The molecule has 1 amide bonds. The van der Waals surface area contributed by atoms with Gasteiger partial charge in [0, 0.05) is 24.3 Å². The molecule has 0 unspecified atom stereocenters. The van der Waals surface area contributed by atoms with Gasteiger partial charge in [-0.15, -0.1) is 0 Å². The number of aliphatic hydroxyl groups is 1. The number of likely N-dealkylation sites (N-methyl/N-ethyl adjacent to an activating group) is 1. The third-order valence-corrected chi connectivity index (χ3v) is 6.06. The quantitative estimate of drug-likeness (QED) is 0.244. The Morgan fingerprint density at radius 1 is 1.17 bits per heavy atom. The second kappa shape index (κ2) is 10.8. The predicted molar refractivity (Wildman–Crippen MR) is 131 cm³/mol. The first-order chi connectivity index (χ1) is 16.6. The summed E-state index contributed by atoms with van der Waals surface area (Å²) in [7, 11) is 5.03. The van der Waals surface area contributed by atoms with Crippen LogP contribution in [0.15, 0.2) is 29.8 Å². The van der Waals surface area contributed by atoms with Crippen LogP contribution in [0.4, 0.5) is 0 Å². The average molecular weight is 484 g/mol. The van der Waals surface area contributed by atoms with Crippen molar-refractivity contribution in [3.05, 3.63) is 57.9 Å². The van der Waals surface area contributed by atoms with E-state index >= 15 is 0 Å². The molecule has 35 heavy (non-hydrogen) atoms. The Hall–Kier alpha value is -3.59. The molecule has 1 aromatic carbocycles. The number of esters is 1. The van der Waals surface area contributed by atoms with Crippen molar-refractivity contribution in [3.8, 4) is 5.75 Å². The Kier molecular flexibility index (Phi) is 8.01. The molecule has 3 rings (SSSR count). The number of hydrogen-bond donors (Lipinski definition) is 2. The van der Waals surface area contributed by atoms with Crippen molar-refractivity contribution in [2.75, 3.05) is 40.9 Å². The van der Waals surface area contributed by atoms with Crippen LogP contribution in [0.2, 0.25) is 0 Å². The predicted octanol–water partition coefficient (Wildman–Crippen LogP) is 3.19. The van der Waals surface area contributed by atoms with Gasteiger partial charge in [-0.25, -0.2) is 4.79 Å². The Balaban J connectivity index is 2.16. The average Bonchev–Trinajstić information content (AvgIpc) is 3.27. The number of benzene rings is 1. The van der Waals surface area contributed by atoms with Gasteiger partial charge in [0.05, 0.1) is 25.3 Å². The largest absolute Gasteiger partial charge is 0.507 e. The van der Waals surface area contributed by atoms with Gasteiger partial charge in [-0.3, -0.25) is 9.59 Å². The van der Waals surface area contributed by atoms with E-state index in [1.807, 2.05) is 25.9 Å². The number of hydrogen-bond acceptors (Lipinski definition) is 7. The van der Waals surface area contributed by atoms with Crippen LogP contribution in [-0.4, -0.2) is 78.5 Å². The zero-order chi connectivity index (χ0) is 25.9. The molecular formula is C26H33N3O6. The maximum atomic E-state index is 13.2. The molecule has 9 nitrogen and oxygen atoms in total. The van der Waals surface area contributed by atoms with Crippen molar-refractivity contribution in [2.24, 2.45) is 0 Å². The highest BCUT2D eigenvalue weighted by Crippen LogP contribution is 2.41. The summed E-state index contributed by atoms with van der Waals surface area (Å²) in [5.74, 6) is -1.68. The monoisotopic (exact) mass is 483 g/mol.